The quantitative estimate of drug-likeness (QED) is 0.578. The molecule has 0 saturated carbocycles. The Labute approximate surface area is 173 Å². The lowest BCUT2D eigenvalue weighted by Gasteiger charge is -2.23. The summed E-state index contributed by atoms with van der Waals surface area (Å²) < 4.78 is 28.3. The molecule has 1 heterocycles. The molecule has 2 rings (SSSR count). The first-order valence-corrected chi connectivity index (χ1v) is 9.68. The van der Waals surface area contributed by atoms with Crippen molar-refractivity contribution in [2.24, 2.45) is 0 Å². The number of halogens is 2. The molecule has 0 bridgehead atoms. The second-order valence-electron chi connectivity index (χ2n) is 7.70. The molecule has 9 heteroatoms. The second-order valence-corrected chi connectivity index (χ2v) is 7.70. The fourth-order valence-electron chi connectivity index (χ4n) is 2.94. The van der Waals surface area contributed by atoms with E-state index in [-0.39, 0.29) is 18.4 Å². The highest BCUT2D eigenvalue weighted by atomic mass is 19.1. The van der Waals surface area contributed by atoms with Gasteiger partial charge in [0.05, 0.1) is 12.7 Å². The normalized spacial score (nSPS) is 12.3. The van der Waals surface area contributed by atoms with Crippen LogP contribution in [0.4, 0.5) is 14.6 Å². The minimum Gasteiger partial charge on any atom is -0.344 e. The van der Waals surface area contributed by atoms with Crippen molar-refractivity contribution < 1.29 is 23.2 Å². The number of carbonyl (C=O) groups excluding carboxylic acids is 3. The zero-order chi connectivity index (χ0) is 22.3. The third kappa shape index (κ3) is 6.47. The van der Waals surface area contributed by atoms with Crippen LogP contribution in [0.5, 0.6) is 0 Å². The topological polar surface area (TPSA) is 93.1 Å². The molecule has 0 saturated heterocycles. The molecule has 0 aliphatic carbocycles. The Morgan fingerprint density at radius 3 is 2.50 bits per heavy atom. The molecule has 0 aliphatic rings. The molecular weight excluding hydrogens is 394 g/mol. The molecular formula is C21H26F2N4O3. The summed E-state index contributed by atoms with van der Waals surface area (Å²) in [5.41, 5.74) is -0.313. The summed E-state index contributed by atoms with van der Waals surface area (Å²) in [5, 5.41) is 5.26. The van der Waals surface area contributed by atoms with E-state index in [0.29, 0.717) is 18.7 Å². The number of rotatable bonds is 10. The van der Waals surface area contributed by atoms with Crippen molar-refractivity contribution in [3.8, 4) is 0 Å². The van der Waals surface area contributed by atoms with Gasteiger partial charge < -0.3 is 20.0 Å². The number of aldehydes is 1. The van der Waals surface area contributed by atoms with Gasteiger partial charge in [-0.1, -0.05) is 13.3 Å². The predicted octanol–water partition coefficient (Wildman–Crippen LogP) is 2.95. The van der Waals surface area contributed by atoms with Crippen LogP contribution in [0.15, 0.2) is 30.7 Å². The Kier molecular flexibility index (Phi) is 7.79. The van der Waals surface area contributed by atoms with Gasteiger partial charge in [-0.15, -0.1) is 0 Å². The van der Waals surface area contributed by atoms with E-state index in [2.05, 4.69) is 15.6 Å². The monoisotopic (exact) mass is 420 g/mol. The number of aromatic nitrogens is 2. The third-order valence-electron chi connectivity index (χ3n) is 4.63. The van der Waals surface area contributed by atoms with Crippen LogP contribution in [0.25, 0.3) is 0 Å². The van der Waals surface area contributed by atoms with Crippen LogP contribution in [-0.2, 0) is 26.3 Å². The number of nitrogens with zero attached hydrogens (tertiary/aromatic N) is 2. The van der Waals surface area contributed by atoms with Crippen molar-refractivity contribution in [2.45, 2.75) is 58.0 Å². The first-order chi connectivity index (χ1) is 14.1. The van der Waals surface area contributed by atoms with E-state index in [4.69, 9.17) is 0 Å². The highest BCUT2D eigenvalue weighted by Gasteiger charge is 2.23. The summed E-state index contributed by atoms with van der Waals surface area (Å²) in [5.74, 6) is -2.22. The van der Waals surface area contributed by atoms with Gasteiger partial charge in [-0.3, -0.25) is 9.59 Å². The molecule has 0 aliphatic heterocycles. The van der Waals surface area contributed by atoms with Crippen molar-refractivity contribution in [3.05, 3.63) is 47.9 Å². The van der Waals surface area contributed by atoms with Gasteiger partial charge in [-0.2, -0.15) is 0 Å². The zero-order valence-electron chi connectivity index (χ0n) is 17.2. The summed E-state index contributed by atoms with van der Waals surface area (Å²) >= 11 is 0. The van der Waals surface area contributed by atoms with Crippen molar-refractivity contribution in [3.63, 3.8) is 0 Å². The molecule has 1 unspecified atom stereocenters. The molecule has 30 heavy (non-hydrogen) atoms. The molecule has 1 atom stereocenters. The van der Waals surface area contributed by atoms with Crippen LogP contribution in [-0.4, -0.2) is 33.7 Å². The van der Waals surface area contributed by atoms with Gasteiger partial charge in [0.2, 0.25) is 11.8 Å². The lowest BCUT2D eigenvalue weighted by atomic mass is 10.0. The highest BCUT2D eigenvalue weighted by Crippen LogP contribution is 2.20. The number of hydrogen-bond donors (Lipinski definition) is 2. The largest absolute Gasteiger partial charge is 0.344 e. The number of amides is 2. The number of imidazole rings is 1. The van der Waals surface area contributed by atoms with Crippen molar-refractivity contribution in [1.29, 1.82) is 0 Å². The maximum Gasteiger partial charge on any atom is 0.248 e. The van der Waals surface area contributed by atoms with Crippen molar-refractivity contribution in [1.82, 2.24) is 14.9 Å². The number of anilines is 1. The molecule has 0 radical (unpaired) electrons. The summed E-state index contributed by atoms with van der Waals surface area (Å²) in [6.07, 6.45) is 4.99. The lowest BCUT2D eigenvalue weighted by molar-refractivity contribution is -0.126. The summed E-state index contributed by atoms with van der Waals surface area (Å²) in [4.78, 5) is 39.9. The van der Waals surface area contributed by atoms with Crippen LogP contribution < -0.4 is 10.6 Å². The van der Waals surface area contributed by atoms with Gasteiger partial charge in [0.25, 0.3) is 0 Å². The molecule has 0 fully saturated rings. The van der Waals surface area contributed by atoms with Crippen molar-refractivity contribution in [2.75, 3.05) is 5.32 Å². The van der Waals surface area contributed by atoms with E-state index >= 15 is 0 Å². The number of nitrogens with one attached hydrogen (secondary N) is 2. The van der Waals surface area contributed by atoms with Crippen LogP contribution in [0.3, 0.4) is 0 Å². The Bertz CT molecular complexity index is 891. The average molecular weight is 420 g/mol. The van der Waals surface area contributed by atoms with Crippen LogP contribution in [0.1, 0.15) is 45.6 Å². The molecule has 162 valence electrons. The van der Waals surface area contributed by atoms with Crippen molar-refractivity contribution >= 4 is 23.9 Å². The number of benzene rings is 1. The minimum absolute atomic E-state index is 0.178. The first kappa shape index (κ1) is 23.2. The fraction of sp³-hybridized carbons (Fsp3) is 0.429. The lowest BCUT2D eigenvalue weighted by Crippen LogP contribution is -2.44. The van der Waals surface area contributed by atoms with E-state index in [1.807, 2.05) is 20.8 Å². The zero-order valence-corrected chi connectivity index (χ0v) is 17.2. The van der Waals surface area contributed by atoms with Gasteiger partial charge in [-0.25, -0.2) is 13.8 Å². The van der Waals surface area contributed by atoms with Gasteiger partial charge in [0, 0.05) is 24.2 Å². The fourth-order valence-corrected chi connectivity index (χ4v) is 2.94. The van der Waals surface area contributed by atoms with Gasteiger partial charge >= 0.3 is 0 Å². The van der Waals surface area contributed by atoms with Crippen LogP contribution in [0, 0.1) is 11.6 Å². The van der Waals surface area contributed by atoms with Crippen LogP contribution >= 0.6 is 0 Å². The molecule has 7 nitrogen and oxygen atoms in total. The molecule has 1 aromatic heterocycles. The highest BCUT2D eigenvalue weighted by molar-refractivity contribution is 5.96. The standard InChI is InChI=1S/C21H26F2N4O3/c1-4-5-17(25-19(29)10-14-8-15(22)11-16(23)9-14)20(30)26-18-12-27(13-24-18)21(2,3)6-7-28/h7-9,11-13,17H,4-6,10H2,1-3H3,(H,25,29)(H,26,30). The molecule has 0 spiro atoms. The first-order valence-electron chi connectivity index (χ1n) is 9.68. The van der Waals surface area contributed by atoms with E-state index < -0.39 is 35.0 Å². The number of carbonyl (C=O) groups is 3. The third-order valence-corrected chi connectivity index (χ3v) is 4.63. The van der Waals surface area contributed by atoms with E-state index in [1.165, 1.54) is 6.33 Å². The molecule has 2 aromatic rings. The molecule has 1 aromatic carbocycles. The van der Waals surface area contributed by atoms with E-state index in [0.717, 1.165) is 24.5 Å². The predicted molar refractivity (Wildman–Crippen MR) is 108 cm³/mol. The van der Waals surface area contributed by atoms with Gasteiger partial charge in [0.15, 0.2) is 5.82 Å². The van der Waals surface area contributed by atoms with Gasteiger partial charge in [-0.05, 0) is 38.0 Å². The average Bonchev–Trinajstić information content (AvgIpc) is 3.09. The summed E-state index contributed by atoms with van der Waals surface area (Å²) in [7, 11) is 0. The minimum atomic E-state index is -0.825. The number of hydrogen-bond acceptors (Lipinski definition) is 4. The van der Waals surface area contributed by atoms with Crippen LogP contribution in [0.2, 0.25) is 0 Å². The Morgan fingerprint density at radius 2 is 1.90 bits per heavy atom. The Balaban J connectivity index is 2.03. The molecule has 2 N–H and O–H groups in total. The van der Waals surface area contributed by atoms with Gasteiger partial charge in [0.1, 0.15) is 24.0 Å². The Morgan fingerprint density at radius 1 is 1.23 bits per heavy atom. The SMILES string of the molecule is CCCC(NC(=O)Cc1cc(F)cc(F)c1)C(=O)Nc1cn(C(C)(C)CC=O)cn1. The Hall–Kier alpha value is -3.10. The summed E-state index contributed by atoms with van der Waals surface area (Å²) in [6, 6.07) is 2.05. The van der Waals surface area contributed by atoms with E-state index in [1.54, 1.807) is 10.8 Å². The summed E-state index contributed by atoms with van der Waals surface area (Å²) in [6.45, 7) is 5.60. The maximum atomic E-state index is 13.3. The maximum absolute atomic E-state index is 13.3. The molecule has 2 amide bonds. The smallest absolute Gasteiger partial charge is 0.248 e. The second kappa shape index (κ2) is 10.1. The van der Waals surface area contributed by atoms with E-state index in [9.17, 15) is 23.2 Å².